The maximum atomic E-state index is 11.8. The molecule has 1 aromatic carbocycles. The van der Waals surface area contributed by atoms with E-state index in [-0.39, 0.29) is 19.4 Å². The van der Waals surface area contributed by atoms with Gasteiger partial charge in [-0.2, -0.15) is 0 Å². The number of carboxylic acid groups (broad SMARTS) is 1. The second kappa shape index (κ2) is 4.73. The van der Waals surface area contributed by atoms with Crippen LogP contribution < -0.4 is 0 Å². The Morgan fingerprint density at radius 2 is 2.14 bits per heavy atom. The van der Waals surface area contributed by atoms with Crippen molar-refractivity contribution in [2.75, 3.05) is 6.61 Å². The van der Waals surface area contributed by atoms with Crippen molar-refractivity contribution in [1.82, 2.24) is 0 Å². The highest BCUT2D eigenvalue weighted by molar-refractivity contribution is 6.31. The van der Waals surface area contributed by atoms with Crippen LogP contribution in [-0.4, -0.2) is 29.6 Å². The number of carbonyl (C=O) groups is 3. The van der Waals surface area contributed by atoms with E-state index < -0.39 is 29.4 Å². The van der Waals surface area contributed by atoms with Gasteiger partial charge in [0.2, 0.25) is 0 Å². The fourth-order valence-electron chi connectivity index (χ4n) is 2.29. The number of cyclic esters (lactones) is 1. The van der Waals surface area contributed by atoms with E-state index in [1.165, 1.54) is 6.07 Å². The number of hydrogen-bond donors (Lipinski definition) is 1. The number of carboxylic acids is 1. The zero-order chi connectivity index (χ0) is 15.2. The molecule has 1 saturated carbocycles. The molecular formula is C14H11ClO6. The normalized spacial score (nSPS) is 21.4. The fourth-order valence-corrected chi connectivity index (χ4v) is 2.46. The number of aliphatic carboxylic acids is 1. The maximum absolute atomic E-state index is 11.8. The number of carbonyl (C=O) groups excluding carboxylic acids is 2. The first-order valence-corrected chi connectivity index (χ1v) is 6.73. The minimum absolute atomic E-state index is 0.200. The van der Waals surface area contributed by atoms with Crippen molar-refractivity contribution in [3.8, 4) is 0 Å². The predicted molar refractivity (Wildman–Crippen MR) is 69.9 cm³/mol. The highest BCUT2D eigenvalue weighted by Crippen LogP contribution is 2.47. The Kier molecular flexibility index (Phi) is 3.13. The zero-order valence-corrected chi connectivity index (χ0v) is 11.6. The molecule has 1 atom stereocenters. The molecule has 110 valence electrons. The summed E-state index contributed by atoms with van der Waals surface area (Å²) in [5.74, 6) is -2.50. The Balaban J connectivity index is 1.70. The Labute approximate surface area is 124 Å². The Hall–Kier alpha value is -2.08. The van der Waals surface area contributed by atoms with E-state index in [0.717, 1.165) is 0 Å². The van der Waals surface area contributed by atoms with Crippen LogP contribution in [0.15, 0.2) is 18.2 Å². The molecule has 0 spiro atoms. The minimum atomic E-state index is -1.41. The Bertz CT molecular complexity index is 649. The standard InChI is InChI=1S/C14H11ClO6/c15-7-1-2-8-9(5-7)11(16)21-10(8)6-20-13(19)14(3-4-14)12(17)18/h1-2,5,10H,3-4,6H2,(H,17,18). The van der Waals surface area contributed by atoms with Crippen LogP contribution in [0.3, 0.4) is 0 Å². The van der Waals surface area contributed by atoms with Gasteiger partial charge in [-0.25, -0.2) is 4.79 Å². The molecule has 21 heavy (non-hydrogen) atoms. The van der Waals surface area contributed by atoms with Gasteiger partial charge < -0.3 is 14.6 Å². The van der Waals surface area contributed by atoms with Crippen LogP contribution in [-0.2, 0) is 19.1 Å². The fraction of sp³-hybridized carbons (Fsp3) is 0.357. The van der Waals surface area contributed by atoms with E-state index in [2.05, 4.69) is 0 Å². The second-order valence-electron chi connectivity index (χ2n) is 5.11. The van der Waals surface area contributed by atoms with E-state index in [0.29, 0.717) is 16.1 Å². The maximum Gasteiger partial charge on any atom is 0.339 e. The van der Waals surface area contributed by atoms with Crippen molar-refractivity contribution in [3.05, 3.63) is 34.3 Å². The summed E-state index contributed by atoms with van der Waals surface area (Å²) in [6.45, 7) is -0.200. The third-order valence-corrected chi connectivity index (χ3v) is 3.98. The lowest BCUT2D eigenvalue weighted by atomic mass is 10.1. The number of fused-ring (bicyclic) bond motifs is 1. The number of benzene rings is 1. The summed E-state index contributed by atoms with van der Waals surface area (Å²) in [7, 11) is 0. The number of rotatable bonds is 4. The van der Waals surface area contributed by atoms with Crippen LogP contribution in [0.5, 0.6) is 0 Å². The van der Waals surface area contributed by atoms with Gasteiger partial charge in [-0.3, -0.25) is 9.59 Å². The molecule has 3 rings (SSSR count). The third-order valence-electron chi connectivity index (χ3n) is 3.75. The molecular weight excluding hydrogens is 300 g/mol. The van der Waals surface area contributed by atoms with Crippen molar-refractivity contribution in [1.29, 1.82) is 0 Å². The van der Waals surface area contributed by atoms with Crippen molar-refractivity contribution in [2.45, 2.75) is 18.9 Å². The second-order valence-corrected chi connectivity index (χ2v) is 5.55. The van der Waals surface area contributed by atoms with Gasteiger partial charge in [-0.15, -0.1) is 0 Å². The van der Waals surface area contributed by atoms with Crippen LogP contribution in [0.2, 0.25) is 5.02 Å². The van der Waals surface area contributed by atoms with E-state index >= 15 is 0 Å². The third kappa shape index (κ3) is 2.25. The van der Waals surface area contributed by atoms with Crippen molar-refractivity contribution >= 4 is 29.5 Å². The summed E-state index contributed by atoms with van der Waals surface area (Å²) in [6, 6.07) is 4.72. The Morgan fingerprint density at radius 3 is 2.76 bits per heavy atom. The molecule has 1 N–H and O–H groups in total. The van der Waals surface area contributed by atoms with Crippen LogP contribution in [0.25, 0.3) is 0 Å². The van der Waals surface area contributed by atoms with E-state index in [1.54, 1.807) is 12.1 Å². The quantitative estimate of drug-likeness (QED) is 0.675. The van der Waals surface area contributed by atoms with Gasteiger partial charge in [0.1, 0.15) is 6.61 Å². The van der Waals surface area contributed by atoms with E-state index in [9.17, 15) is 14.4 Å². The molecule has 0 aromatic heterocycles. The van der Waals surface area contributed by atoms with Gasteiger partial charge in [0.15, 0.2) is 11.5 Å². The summed E-state index contributed by atoms with van der Waals surface area (Å²) >= 11 is 5.81. The molecule has 0 radical (unpaired) electrons. The topological polar surface area (TPSA) is 89.9 Å². The molecule has 1 fully saturated rings. The lowest BCUT2D eigenvalue weighted by Gasteiger charge is -2.14. The summed E-state index contributed by atoms with van der Waals surface area (Å²) in [5.41, 5.74) is -0.494. The molecule has 1 heterocycles. The SMILES string of the molecule is O=C1OC(COC(=O)C2(C(=O)O)CC2)c2ccc(Cl)cc21. The van der Waals surface area contributed by atoms with Crippen LogP contribution in [0.4, 0.5) is 0 Å². The predicted octanol–water partition coefficient (Wildman–Crippen LogP) is 1.96. The molecule has 1 unspecified atom stereocenters. The number of halogens is 1. The lowest BCUT2D eigenvalue weighted by Crippen LogP contribution is -2.28. The molecule has 1 aromatic rings. The Morgan fingerprint density at radius 1 is 1.43 bits per heavy atom. The molecule has 2 aliphatic rings. The first kappa shape index (κ1) is 13.9. The summed E-state index contributed by atoms with van der Waals surface area (Å²) in [6.07, 6.45) is -0.173. The van der Waals surface area contributed by atoms with Crippen LogP contribution in [0, 0.1) is 5.41 Å². The molecule has 0 bridgehead atoms. The summed E-state index contributed by atoms with van der Waals surface area (Å²) in [5, 5.41) is 9.40. The van der Waals surface area contributed by atoms with Crippen molar-refractivity contribution in [3.63, 3.8) is 0 Å². The van der Waals surface area contributed by atoms with Crippen LogP contribution >= 0.6 is 11.6 Å². The summed E-state index contributed by atoms with van der Waals surface area (Å²) < 4.78 is 10.1. The monoisotopic (exact) mass is 310 g/mol. The molecule has 1 aliphatic heterocycles. The van der Waals surface area contributed by atoms with E-state index in [1.807, 2.05) is 0 Å². The molecule has 7 heteroatoms. The smallest absolute Gasteiger partial charge is 0.339 e. The zero-order valence-electron chi connectivity index (χ0n) is 10.8. The van der Waals surface area contributed by atoms with Gasteiger partial charge in [-0.05, 0) is 25.0 Å². The van der Waals surface area contributed by atoms with Crippen LogP contribution in [0.1, 0.15) is 34.9 Å². The average molecular weight is 311 g/mol. The number of esters is 2. The minimum Gasteiger partial charge on any atom is -0.480 e. The molecule has 6 nitrogen and oxygen atoms in total. The number of ether oxygens (including phenoxy) is 2. The highest BCUT2D eigenvalue weighted by atomic mass is 35.5. The summed E-state index contributed by atoms with van der Waals surface area (Å²) in [4.78, 5) is 34.5. The number of hydrogen-bond acceptors (Lipinski definition) is 5. The van der Waals surface area contributed by atoms with Gasteiger partial charge >= 0.3 is 17.9 Å². The van der Waals surface area contributed by atoms with Gasteiger partial charge in [0.05, 0.1) is 5.56 Å². The van der Waals surface area contributed by atoms with E-state index in [4.69, 9.17) is 26.2 Å². The molecule has 0 saturated heterocycles. The van der Waals surface area contributed by atoms with Gasteiger partial charge in [0.25, 0.3) is 0 Å². The highest BCUT2D eigenvalue weighted by Gasteiger charge is 2.58. The van der Waals surface area contributed by atoms with Crippen molar-refractivity contribution in [2.24, 2.45) is 5.41 Å². The average Bonchev–Trinajstić information content (AvgIpc) is 3.19. The molecule has 0 amide bonds. The lowest BCUT2D eigenvalue weighted by molar-refractivity contribution is -0.163. The van der Waals surface area contributed by atoms with Crippen molar-refractivity contribution < 1.29 is 29.0 Å². The first-order valence-electron chi connectivity index (χ1n) is 6.35. The first-order chi connectivity index (χ1) is 9.94. The largest absolute Gasteiger partial charge is 0.480 e. The molecule has 1 aliphatic carbocycles. The van der Waals surface area contributed by atoms with Gasteiger partial charge in [0, 0.05) is 10.6 Å². The van der Waals surface area contributed by atoms with Gasteiger partial charge in [-0.1, -0.05) is 17.7 Å².